The van der Waals surface area contributed by atoms with Crippen molar-refractivity contribution >= 4 is 11.8 Å². The first kappa shape index (κ1) is 21.3. The van der Waals surface area contributed by atoms with E-state index in [2.05, 4.69) is 19.2 Å². The molecule has 1 saturated heterocycles. The Morgan fingerprint density at radius 2 is 1.90 bits per heavy atom. The molecule has 1 heterocycles. The highest BCUT2D eigenvalue weighted by atomic mass is 19.2. The quantitative estimate of drug-likeness (QED) is 0.771. The van der Waals surface area contributed by atoms with Gasteiger partial charge in [-0.1, -0.05) is 39.2 Å². The van der Waals surface area contributed by atoms with Crippen LogP contribution in [0.5, 0.6) is 0 Å². The normalized spacial score (nSPS) is 29.8. The highest BCUT2D eigenvalue weighted by Crippen LogP contribution is 2.49. The number of halogens is 2. The molecule has 1 aromatic rings. The second-order valence-electron chi connectivity index (χ2n) is 9.77. The zero-order valence-corrected chi connectivity index (χ0v) is 17.9. The summed E-state index contributed by atoms with van der Waals surface area (Å²) in [6.45, 7) is 4.68. The number of rotatable bonds is 5. The second kappa shape index (κ2) is 8.64. The number of nitrogens with one attached hydrogen (secondary N) is 1. The number of carbonyl (C=O) groups is 2. The van der Waals surface area contributed by atoms with Crippen molar-refractivity contribution in [2.75, 3.05) is 6.54 Å². The van der Waals surface area contributed by atoms with E-state index in [4.69, 9.17) is 0 Å². The summed E-state index contributed by atoms with van der Waals surface area (Å²) >= 11 is 0. The number of nitrogens with zero attached hydrogens (tertiary/aromatic N) is 1. The van der Waals surface area contributed by atoms with Gasteiger partial charge in [-0.25, -0.2) is 8.78 Å². The molecule has 0 aromatic heterocycles. The Morgan fingerprint density at radius 1 is 1.17 bits per heavy atom. The van der Waals surface area contributed by atoms with Gasteiger partial charge in [-0.3, -0.25) is 9.59 Å². The minimum absolute atomic E-state index is 0.00829. The van der Waals surface area contributed by atoms with Gasteiger partial charge in [0.25, 0.3) is 0 Å². The Hall–Kier alpha value is -1.98. The lowest BCUT2D eigenvalue weighted by Gasteiger charge is -2.43. The van der Waals surface area contributed by atoms with Crippen LogP contribution < -0.4 is 5.32 Å². The van der Waals surface area contributed by atoms with E-state index in [1.165, 1.54) is 25.3 Å². The maximum Gasteiger partial charge on any atom is 0.243 e. The summed E-state index contributed by atoms with van der Waals surface area (Å²) in [4.78, 5) is 28.2. The zero-order valence-electron chi connectivity index (χ0n) is 17.9. The Kier molecular flexibility index (Phi) is 6.12. The SMILES string of the molecule is CC(C)CC1C(=O)NC(C2CCCCC2)CN1C(=O)C1CC1c1ccc(F)c(F)c1. The summed E-state index contributed by atoms with van der Waals surface area (Å²) in [6.07, 6.45) is 7.07. The van der Waals surface area contributed by atoms with E-state index in [1.807, 2.05) is 4.90 Å². The van der Waals surface area contributed by atoms with E-state index >= 15 is 0 Å². The van der Waals surface area contributed by atoms with Gasteiger partial charge in [-0.2, -0.15) is 0 Å². The highest BCUT2D eigenvalue weighted by molar-refractivity contribution is 5.91. The number of hydrogen-bond acceptors (Lipinski definition) is 2. The van der Waals surface area contributed by atoms with Crippen molar-refractivity contribution in [2.24, 2.45) is 17.8 Å². The van der Waals surface area contributed by atoms with E-state index in [1.54, 1.807) is 6.07 Å². The van der Waals surface area contributed by atoms with Gasteiger partial charge in [-0.15, -0.1) is 0 Å². The van der Waals surface area contributed by atoms with Crippen LogP contribution in [0.4, 0.5) is 8.78 Å². The van der Waals surface area contributed by atoms with Crippen LogP contribution in [0.3, 0.4) is 0 Å². The van der Waals surface area contributed by atoms with Gasteiger partial charge >= 0.3 is 0 Å². The Bertz CT molecular complexity index is 806. The average molecular weight is 419 g/mol. The molecule has 2 aliphatic carbocycles. The maximum absolute atomic E-state index is 13.6. The summed E-state index contributed by atoms with van der Waals surface area (Å²) < 4.78 is 26.9. The van der Waals surface area contributed by atoms with Crippen molar-refractivity contribution in [1.82, 2.24) is 10.2 Å². The van der Waals surface area contributed by atoms with E-state index in [-0.39, 0.29) is 29.7 Å². The third kappa shape index (κ3) is 4.37. The zero-order chi connectivity index (χ0) is 21.4. The highest BCUT2D eigenvalue weighted by Gasteiger charge is 2.50. The number of hydrogen-bond donors (Lipinski definition) is 1. The first-order chi connectivity index (χ1) is 14.3. The van der Waals surface area contributed by atoms with Crippen molar-refractivity contribution in [1.29, 1.82) is 0 Å². The lowest BCUT2D eigenvalue weighted by Crippen LogP contribution is -2.64. The van der Waals surface area contributed by atoms with Gasteiger partial charge in [0, 0.05) is 18.5 Å². The predicted molar refractivity (Wildman–Crippen MR) is 111 cm³/mol. The molecule has 2 saturated carbocycles. The molecule has 2 amide bonds. The average Bonchev–Trinajstić information content (AvgIpc) is 3.52. The molecular formula is C24H32F2N2O2. The van der Waals surface area contributed by atoms with Crippen molar-refractivity contribution in [3.63, 3.8) is 0 Å². The molecule has 4 unspecified atom stereocenters. The monoisotopic (exact) mass is 418 g/mol. The van der Waals surface area contributed by atoms with E-state index in [0.29, 0.717) is 36.8 Å². The van der Waals surface area contributed by atoms with Gasteiger partial charge in [0.1, 0.15) is 6.04 Å². The minimum atomic E-state index is -0.877. The van der Waals surface area contributed by atoms with Gasteiger partial charge in [-0.05, 0) is 61.1 Å². The van der Waals surface area contributed by atoms with E-state index in [9.17, 15) is 18.4 Å². The second-order valence-corrected chi connectivity index (χ2v) is 9.77. The molecule has 164 valence electrons. The standard InChI is InChI=1S/C24H32F2N2O2/c1-14(2)10-22-23(29)27-21(15-6-4-3-5-7-15)13-28(22)24(30)18-12-17(18)16-8-9-19(25)20(26)11-16/h8-9,11,14-15,17-18,21-22H,3-7,10,12-13H2,1-2H3,(H,27,29). The largest absolute Gasteiger partial charge is 0.350 e. The first-order valence-corrected chi connectivity index (χ1v) is 11.4. The number of carbonyl (C=O) groups excluding carboxylic acids is 2. The lowest BCUT2D eigenvalue weighted by molar-refractivity contribution is -0.147. The van der Waals surface area contributed by atoms with Crippen molar-refractivity contribution in [2.45, 2.75) is 76.8 Å². The Labute approximate surface area is 177 Å². The van der Waals surface area contributed by atoms with Crippen molar-refractivity contribution in [3.8, 4) is 0 Å². The molecule has 1 N–H and O–H groups in total. The van der Waals surface area contributed by atoms with Gasteiger partial charge < -0.3 is 10.2 Å². The molecule has 30 heavy (non-hydrogen) atoms. The molecule has 0 radical (unpaired) electrons. The van der Waals surface area contributed by atoms with Crippen LogP contribution in [0.15, 0.2) is 18.2 Å². The molecule has 3 aliphatic rings. The van der Waals surface area contributed by atoms with Crippen LogP contribution in [0.2, 0.25) is 0 Å². The van der Waals surface area contributed by atoms with Crippen LogP contribution >= 0.6 is 0 Å². The summed E-state index contributed by atoms with van der Waals surface area (Å²) in [5.74, 6) is -1.41. The summed E-state index contributed by atoms with van der Waals surface area (Å²) in [5.41, 5.74) is 0.665. The smallest absolute Gasteiger partial charge is 0.243 e. The summed E-state index contributed by atoms with van der Waals surface area (Å²) in [6, 6.07) is 3.47. The van der Waals surface area contributed by atoms with E-state index < -0.39 is 17.7 Å². The third-order valence-corrected chi connectivity index (χ3v) is 7.08. The molecule has 0 bridgehead atoms. The molecular weight excluding hydrogens is 386 g/mol. The molecule has 1 aliphatic heterocycles. The molecule has 3 fully saturated rings. The molecule has 0 spiro atoms. The number of piperazine rings is 1. The third-order valence-electron chi connectivity index (χ3n) is 7.08. The van der Waals surface area contributed by atoms with Crippen LogP contribution in [0.25, 0.3) is 0 Å². The van der Waals surface area contributed by atoms with Gasteiger partial charge in [0.2, 0.25) is 11.8 Å². The van der Waals surface area contributed by atoms with Gasteiger partial charge in [0.15, 0.2) is 11.6 Å². The number of benzene rings is 1. The number of amides is 2. The fourth-order valence-electron chi connectivity index (χ4n) is 5.33. The van der Waals surface area contributed by atoms with E-state index in [0.717, 1.165) is 18.9 Å². The lowest BCUT2D eigenvalue weighted by atomic mass is 9.82. The topological polar surface area (TPSA) is 49.4 Å². The van der Waals surface area contributed by atoms with Crippen molar-refractivity contribution in [3.05, 3.63) is 35.4 Å². The fourth-order valence-corrected chi connectivity index (χ4v) is 5.33. The summed E-state index contributed by atoms with van der Waals surface area (Å²) in [5, 5.41) is 3.22. The predicted octanol–water partition coefficient (Wildman–Crippen LogP) is 4.39. The summed E-state index contributed by atoms with van der Waals surface area (Å²) in [7, 11) is 0. The molecule has 6 heteroatoms. The van der Waals surface area contributed by atoms with Crippen LogP contribution in [0, 0.1) is 29.4 Å². The maximum atomic E-state index is 13.6. The van der Waals surface area contributed by atoms with Crippen molar-refractivity contribution < 1.29 is 18.4 Å². The first-order valence-electron chi connectivity index (χ1n) is 11.4. The Balaban J connectivity index is 1.50. The molecule has 4 atom stereocenters. The molecule has 4 rings (SSSR count). The van der Waals surface area contributed by atoms with Crippen LogP contribution in [-0.2, 0) is 9.59 Å². The molecule has 4 nitrogen and oxygen atoms in total. The van der Waals surface area contributed by atoms with Crippen LogP contribution in [0.1, 0.15) is 70.3 Å². The molecule has 1 aromatic carbocycles. The Morgan fingerprint density at radius 3 is 2.57 bits per heavy atom. The van der Waals surface area contributed by atoms with Gasteiger partial charge in [0.05, 0.1) is 0 Å². The van der Waals surface area contributed by atoms with Crippen LogP contribution in [-0.4, -0.2) is 35.3 Å². The fraction of sp³-hybridized carbons (Fsp3) is 0.667. The minimum Gasteiger partial charge on any atom is -0.350 e.